The fourth-order valence-electron chi connectivity index (χ4n) is 2.44. The van der Waals surface area contributed by atoms with Gasteiger partial charge in [0.05, 0.1) is 5.60 Å². The van der Waals surface area contributed by atoms with Crippen molar-refractivity contribution in [2.75, 3.05) is 26.2 Å². The van der Waals surface area contributed by atoms with E-state index in [-0.39, 0.29) is 5.69 Å². The molecule has 6 heteroatoms. The number of nitrogens with one attached hydrogen (secondary N) is 2. The van der Waals surface area contributed by atoms with Crippen LogP contribution in [0, 0.1) is 13.8 Å². The highest BCUT2D eigenvalue weighted by Crippen LogP contribution is 2.12. The van der Waals surface area contributed by atoms with Crippen molar-refractivity contribution in [3.05, 3.63) is 27.9 Å². The molecule has 1 aromatic heterocycles. The van der Waals surface area contributed by atoms with Crippen molar-refractivity contribution in [2.45, 2.75) is 32.4 Å². The summed E-state index contributed by atoms with van der Waals surface area (Å²) in [6.45, 7) is 6.98. The van der Waals surface area contributed by atoms with Crippen LogP contribution in [0.15, 0.2) is 10.9 Å². The van der Waals surface area contributed by atoms with Gasteiger partial charge in [-0.05, 0) is 32.9 Å². The van der Waals surface area contributed by atoms with E-state index in [9.17, 15) is 9.90 Å². The van der Waals surface area contributed by atoms with Crippen LogP contribution < -0.4 is 16.3 Å². The highest BCUT2D eigenvalue weighted by atomic mass is 16.3. The Balaban J connectivity index is 1.84. The number of nitrogens with zero attached hydrogens (tertiary/aromatic N) is 2. The van der Waals surface area contributed by atoms with Crippen LogP contribution in [0.3, 0.4) is 0 Å². The van der Waals surface area contributed by atoms with Crippen molar-refractivity contribution in [2.24, 2.45) is 0 Å². The predicted molar refractivity (Wildman–Crippen MR) is 73.3 cm³/mol. The van der Waals surface area contributed by atoms with Crippen LogP contribution in [0.4, 0.5) is 0 Å². The van der Waals surface area contributed by atoms with Gasteiger partial charge in [-0.15, -0.1) is 0 Å². The van der Waals surface area contributed by atoms with Crippen molar-refractivity contribution in [1.82, 2.24) is 20.2 Å². The highest BCUT2D eigenvalue weighted by molar-refractivity contribution is 5.06. The monoisotopic (exact) mass is 266 g/mol. The number of rotatable bonds is 5. The minimum absolute atomic E-state index is 0.208. The summed E-state index contributed by atoms with van der Waals surface area (Å²) in [6.07, 6.45) is 0.769. The minimum Gasteiger partial charge on any atom is -0.387 e. The first-order chi connectivity index (χ1) is 9.00. The Kier molecular flexibility index (Phi) is 4.34. The van der Waals surface area contributed by atoms with Gasteiger partial charge < -0.3 is 15.7 Å². The summed E-state index contributed by atoms with van der Waals surface area (Å²) in [6, 6.07) is 1.90. The van der Waals surface area contributed by atoms with Crippen molar-refractivity contribution >= 4 is 0 Å². The van der Waals surface area contributed by atoms with Crippen LogP contribution >= 0.6 is 0 Å². The van der Waals surface area contributed by atoms with Crippen molar-refractivity contribution in [3.8, 4) is 0 Å². The van der Waals surface area contributed by atoms with E-state index in [0.29, 0.717) is 26.2 Å². The van der Waals surface area contributed by atoms with E-state index in [0.717, 1.165) is 24.4 Å². The van der Waals surface area contributed by atoms with E-state index in [1.807, 2.05) is 19.9 Å². The normalized spacial score (nSPS) is 22.9. The zero-order chi connectivity index (χ0) is 13.9. The fourth-order valence-corrected chi connectivity index (χ4v) is 2.44. The predicted octanol–water partition coefficient (Wildman–Crippen LogP) is -0.826. The van der Waals surface area contributed by atoms with Crippen LogP contribution in [0.5, 0.6) is 0 Å². The Morgan fingerprint density at radius 1 is 1.58 bits per heavy atom. The molecule has 0 spiro atoms. The van der Waals surface area contributed by atoms with Gasteiger partial charge in [-0.1, -0.05) is 0 Å². The van der Waals surface area contributed by atoms with E-state index in [2.05, 4.69) is 15.6 Å². The van der Waals surface area contributed by atoms with E-state index >= 15 is 0 Å². The molecular formula is C13H22N4O2. The van der Waals surface area contributed by atoms with E-state index in [1.54, 1.807) is 4.57 Å². The Hall–Kier alpha value is -1.24. The molecule has 106 valence electrons. The zero-order valence-corrected chi connectivity index (χ0v) is 11.6. The average Bonchev–Trinajstić information content (AvgIpc) is 2.74. The summed E-state index contributed by atoms with van der Waals surface area (Å²) in [5.74, 6) is 0. The number of aromatic nitrogens is 2. The molecule has 0 radical (unpaired) electrons. The topological polar surface area (TPSA) is 79.2 Å². The van der Waals surface area contributed by atoms with Crippen molar-refractivity contribution in [3.63, 3.8) is 0 Å². The third-order valence-electron chi connectivity index (χ3n) is 3.53. The number of aryl methyl sites for hydroxylation is 2. The highest BCUT2D eigenvalue weighted by Gasteiger charge is 2.30. The second-order valence-corrected chi connectivity index (χ2v) is 5.30. The maximum atomic E-state index is 11.7. The van der Waals surface area contributed by atoms with Gasteiger partial charge in [-0.2, -0.15) is 4.98 Å². The first kappa shape index (κ1) is 14.2. The molecule has 3 N–H and O–H groups in total. The fraction of sp³-hybridized carbons (Fsp3) is 0.692. The smallest absolute Gasteiger partial charge is 0.347 e. The van der Waals surface area contributed by atoms with Crippen LogP contribution in [0.1, 0.15) is 17.8 Å². The van der Waals surface area contributed by atoms with Crippen LogP contribution in [0.25, 0.3) is 0 Å². The molecular weight excluding hydrogens is 244 g/mol. The molecule has 1 atom stereocenters. The molecule has 0 amide bonds. The second kappa shape index (κ2) is 5.81. The van der Waals surface area contributed by atoms with Gasteiger partial charge in [0.1, 0.15) is 0 Å². The summed E-state index contributed by atoms with van der Waals surface area (Å²) >= 11 is 0. The lowest BCUT2D eigenvalue weighted by molar-refractivity contribution is 0.0611. The quantitative estimate of drug-likeness (QED) is 0.607. The molecule has 19 heavy (non-hydrogen) atoms. The van der Waals surface area contributed by atoms with Crippen LogP contribution in [-0.4, -0.2) is 46.4 Å². The molecule has 0 aromatic carbocycles. The van der Waals surface area contributed by atoms with Gasteiger partial charge in [0.15, 0.2) is 0 Å². The molecule has 6 nitrogen and oxygen atoms in total. The van der Waals surface area contributed by atoms with Gasteiger partial charge in [0.25, 0.3) is 0 Å². The van der Waals surface area contributed by atoms with Crippen LogP contribution in [-0.2, 0) is 6.54 Å². The maximum Gasteiger partial charge on any atom is 0.347 e. The summed E-state index contributed by atoms with van der Waals surface area (Å²) in [7, 11) is 0. The van der Waals surface area contributed by atoms with E-state index < -0.39 is 5.60 Å². The van der Waals surface area contributed by atoms with E-state index in [4.69, 9.17) is 0 Å². The number of hydrogen-bond donors (Lipinski definition) is 3. The molecule has 0 saturated carbocycles. The Bertz CT molecular complexity index is 492. The lowest BCUT2D eigenvalue weighted by atomic mass is 10.0. The second-order valence-electron chi connectivity index (χ2n) is 5.30. The SMILES string of the molecule is Cc1cc(C)n(CCNC[C@]2(O)CCNC2)c(=O)n1. The summed E-state index contributed by atoms with van der Waals surface area (Å²) < 4.78 is 1.65. The standard InChI is InChI=1S/C13H22N4O2/c1-10-7-11(2)17(12(18)16-10)6-5-15-9-13(19)3-4-14-8-13/h7,14-15,19H,3-6,8-9H2,1-2H3/t13-/m0/s1. The Morgan fingerprint density at radius 3 is 3.00 bits per heavy atom. The maximum absolute atomic E-state index is 11.7. The first-order valence-corrected chi connectivity index (χ1v) is 6.69. The molecule has 1 saturated heterocycles. The summed E-state index contributed by atoms with van der Waals surface area (Å²) in [5.41, 5.74) is 0.810. The molecule has 1 aromatic rings. The molecule has 2 heterocycles. The van der Waals surface area contributed by atoms with Gasteiger partial charge in [-0.3, -0.25) is 4.57 Å². The van der Waals surface area contributed by atoms with E-state index in [1.165, 1.54) is 0 Å². The minimum atomic E-state index is -0.647. The largest absolute Gasteiger partial charge is 0.387 e. The molecule has 1 aliphatic rings. The third kappa shape index (κ3) is 3.62. The summed E-state index contributed by atoms with van der Waals surface area (Å²) in [4.78, 5) is 15.7. The lowest BCUT2D eigenvalue weighted by Crippen LogP contribution is -2.43. The van der Waals surface area contributed by atoms with Gasteiger partial charge in [0, 0.05) is 37.6 Å². The molecule has 0 aliphatic carbocycles. The lowest BCUT2D eigenvalue weighted by Gasteiger charge is -2.21. The third-order valence-corrected chi connectivity index (χ3v) is 3.53. The molecule has 1 aliphatic heterocycles. The molecule has 0 bridgehead atoms. The van der Waals surface area contributed by atoms with Crippen molar-refractivity contribution < 1.29 is 5.11 Å². The Labute approximate surface area is 112 Å². The zero-order valence-electron chi connectivity index (χ0n) is 11.6. The molecule has 0 unspecified atom stereocenters. The van der Waals surface area contributed by atoms with Crippen molar-refractivity contribution in [1.29, 1.82) is 0 Å². The number of β-amino-alcohol motifs (C(OH)–C–C–N with tert-alkyl or cyclic N) is 1. The first-order valence-electron chi connectivity index (χ1n) is 6.69. The Morgan fingerprint density at radius 2 is 2.37 bits per heavy atom. The van der Waals surface area contributed by atoms with Gasteiger partial charge >= 0.3 is 5.69 Å². The van der Waals surface area contributed by atoms with Crippen LogP contribution in [0.2, 0.25) is 0 Å². The van der Waals surface area contributed by atoms with Gasteiger partial charge in [0.2, 0.25) is 0 Å². The average molecular weight is 266 g/mol. The molecule has 1 fully saturated rings. The van der Waals surface area contributed by atoms with Gasteiger partial charge in [-0.25, -0.2) is 4.79 Å². The molecule has 2 rings (SSSR count). The summed E-state index contributed by atoms with van der Waals surface area (Å²) in [5, 5.41) is 16.5. The number of hydrogen-bond acceptors (Lipinski definition) is 5. The number of aliphatic hydroxyl groups is 1.